The van der Waals surface area contributed by atoms with E-state index in [-0.39, 0.29) is 17.9 Å². The van der Waals surface area contributed by atoms with Crippen LogP contribution in [-0.4, -0.2) is 71.9 Å². The second-order valence-corrected chi connectivity index (χ2v) is 8.40. The van der Waals surface area contributed by atoms with Crippen molar-refractivity contribution in [1.82, 2.24) is 9.80 Å². The third kappa shape index (κ3) is 4.45. The first kappa shape index (κ1) is 20.1. The molecule has 0 aromatic heterocycles. The Balaban J connectivity index is 1.63. The Morgan fingerprint density at radius 2 is 2.00 bits per heavy atom. The minimum absolute atomic E-state index is 0.0525. The standard InChI is InChI=1S/C21H32N2O4/c1-22(14-20(16-24)8-4-9-20)15-21(26)10-5-11-23(19(21)25)13-17-6-3-7-18(12-17)27-2/h3,6-7,12,24,26H,4-5,8-11,13-16H2,1-2H3. The highest BCUT2D eigenvalue weighted by Gasteiger charge is 2.44. The molecule has 2 fully saturated rings. The summed E-state index contributed by atoms with van der Waals surface area (Å²) in [5, 5.41) is 20.8. The van der Waals surface area contributed by atoms with Crippen LogP contribution in [0, 0.1) is 5.41 Å². The summed E-state index contributed by atoms with van der Waals surface area (Å²) in [6.45, 7) is 2.33. The number of methoxy groups -OCH3 is 1. The van der Waals surface area contributed by atoms with Gasteiger partial charge in [-0.2, -0.15) is 0 Å². The summed E-state index contributed by atoms with van der Waals surface area (Å²) in [6, 6.07) is 7.69. The van der Waals surface area contributed by atoms with E-state index in [0.717, 1.165) is 43.5 Å². The zero-order valence-electron chi connectivity index (χ0n) is 16.5. The quantitative estimate of drug-likeness (QED) is 0.722. The minimum atomic E-state index is -1.35. The van der Waals surface area contributed by atoms with E-state index in [1.165, 1.54) is 0 Å². The maximum absolute atomic E-state index is 13.0. The van der Waals surface area contributed by atoms with Gasteiger partial charge in [0.25, 0.3) is 5.91 Å². The molecule has 1 unspecified atom stereocenters. The molecule has 1 amide bonds. The van der Waals surface area contributed by atoms with Crippen LogP contribution < -0.4 is 4.74 Å². The molecule has 1 heterocycles. The molecule has 6 heteroatoms. The Labute approximate surface area is 161 Å². The number of hydrogen-bond donors (Lipinski definition) is 2. The number of carbonyl (C=O) groups excluding carboxylic acids is 1. The van der Waals surface area contributed by atoms with Crippen LogP contribution in [0.3, 0.4) is 0 Å². The van der Waals surface area contributed by atoms with Crippen molar-refractivity contribution in [3.8, 4) is 5.75 Å². The van der Waals surface area contributed by atoms with Gasteiger partial charge in [-0.3, -0.25) is 4.79 Å². The number of rotatable bonds is 8. The van der Waals surface area contributed by atoms with Gasteiger partial charge in [0.2, 0.25) is 0 Å². The first-order valence-electron chi connectivity index (χ1n) is 9.84. The summed E-state index contributed by atoms with van der Waals surface area (Å²) >= 11 is 0. The molecule has 3 rings (SSSR count). The lowest BCUT2D eigenvalue weighted by molar-refractivity contribution is -0.160. The molecule has 150 valence electrons. The first-order valence-corrected chi connectivity index (χ1v) is 9.84. The number of aliphatic hydroxyl groups excluding tert-OH is 1. The fourth-order valence-corrected chi connectivity index (χ4v) is 4.47. The van der Waals surface area contributed by atoms with Gasteiger partial charge in [0.1, 0.15) is 5.75 Å². The average molecular weight is 376 g/mol. The number of ether oxygens (including phenoxy) is 1. The monoisotopic (exact) mass is 376 g/mol. The molecule has 27 heavy (non-hydrogen) atoms. The lowest BCUT2D eigenvalue weighted by Crippen LogP contribution is -2.59. The van der Waals surface area contributed by atoms with E-state index in [1.807, 2.05) is 36.2 Å². The lowest BCUT2D eigenvalue weighted by Gasteiger charge is -2.45. The van der Waals surface area contributed by atoms with Crippen LogP contribution in [0.1, 0.15) is 37.7 Å². The molecular formula is C21H32N2O4. The van der Waals surface area contributed by atoms with E-state index < -0.39 is 5.60 Å². The van der Waals surface area contributed by atoms with Crippen LogP contribution >= 0.6 is 0 Å². The van der Waals surface area contributed by atoms with Gasteiger partial charge >= 0.3 is 0 Å². The average Bonchev–Trinajstić information content (AvgIpc) is 2.62. The zero-order chi connectivity index (χ0) is 19.5. The van der Waals surface area contributed by atoms with Crippen molar-refractivity contribution >= 4 is 5.91 Å². The molecule has 1 aliphatic carbocycles. The molecule has 1 saturated heterocycles. The summed E-state index contributed by atoms with van der Waals surface area (Å²) in [5.74, 6) is 0.567. The van der Waals surface area contributed by atoms with Gasteiger partial charge in [-0.15, -0.1) is 0 Å². The Morgan fingerprint density at radius 3 is 2.63 bits per heavy atom. The van der Waals surface area contributed by atoms with Crippen molar-refractivity contribution in [2.45, 2.75) is 44.2 Å². The smallest absolute Gasteiger partial charge is 0.256 e. The van der Waals surface area contributed by atoms with E-state index in [9.17, 15) is 15.0 Å². The molecule has 0 spiro atoms. The van der Waals surface area contributed by atoms with Gasteiger partial charge in [-0.1, -0.05) is 18.6 Å². The van der Waals surface area contributed by atoms with Crippen LogP contribution in [0.5, 0.6) is 5.75 Å². The van der Waals surface area contributed by atoms with Crippen molar-refractivity contribution in [1.29, 1.82) is 0 Å². The predicted molar refractivity (Wildman–Crippen MR) is 103 cm³/mol. The van der Waals surface area contributed by atoms with Crippen molar-refractivity contribution < 1.29 is 19.7 Å². The Hall–Kier alpha value is -1.63. The van der Waals surface area contributed by atoms with Gasteiger partial charge in [0.05, 0.1) is 7.11 Å². The van der Waals surface area contributed by atoms with Gasteiger partial charge in [0.15, 0.2) is 5.60 Å². The van der Waals surface area contributed by atoms with E-state index in [0.29, 0.717) is 26.1 Å². The predicted octanol–water partition coefficient (Wildman–Crippen LogP) is 1.64. The number of piperidine rings is 1. The van der Waals surface area contributed by atoms with Crippen LogP contribution in [-0.2, 0) is 11.3 Å². The number of likely N-dealkylation sites (tertiary alicyclic amines) is 1. The second kappa shape index (κ2) is 8.17. The molecule has 0 radical (unpaired) electrons. The molecule has 1 atom stereocenters. The Bertz CT molecular complexity index is 656. The molecule has 6 nitrogen and oxygen atoms in total. The van der Waals surface area contributed by atoms with Crippen molar-refractivity contribution in [2.75, 3.05) is 40.4 Å². The number of hydrogen-bond acceptors (Lipinski definition) is 5. The summed E-state index contributed by atoms with van der Waals surface area (Å²) in [5.41, 5.74) is -0.413. The first-order chi connectivity index (χ1) is 12.9. The number of carbonyl (C=O) groups is 1. The van der Waals surface area contributed by atoms with Crippen molar-refractivity contribution in [2.24, 2.45) is 5.41 Å². The van der Waals surface area contributed by atoms with Crippen LogP contribution in [0.2, 0.25) is 0 Å². The minimum Gasteiger partial charge on any atom is -0.497 e. The third-order valence-electron chi connectivity index (χ3n) is 6.10. The number of nitrogens with zero attached hydrogens (tertiary/aromatic N) is 2. The summed E-state index contributed by atoms with van der Waals surface area (Å²) < 4.78 is 5.26. The highest BCUT2D eigenvalue weighted by atomic mass is 16.5. The number of aliphatic hydroxyl groups is 2. The molecule has 1 aromatic carbocycles. The lowest BCUT2D eigenvalue weighted by atomic mass is 9.69. The fraction of sp³-hybridized carbons (Fsp3) is 0.667. The molecule has 1 aliphatic heterocycles. The maximum Gasteiger partial charge on any atom is 0.256 e. The SMILES string of the molecule is COc1cccc(CN2CCCC(O)(CN(C)CC3(CO)CCC3)C2=O)c1. The van der Waals surface area contributed by atoms with Gasteiger partial charge in [-0.25, -0.2) is 0 Å². The molecule has 2 aliphatic rings. The third-order valence-corrected chi connectivity index (χ3v) is 6.10. The second-order valence-electron chi connectivity index (χ2n) is 8.40. The van der Waals surface area contributed by atoms with Crippen LogP contribution in [0.25, 0.3) is 0 Å². The van der Waals surface area contributed by atoms with Crippen LogP contribution in [0.4, 0.5) is 0 Å². The zero-order valence-corrected chi connectivity index (χ0v) is 16.5. The summed E-state index contributed by atoms with van der Waals surface area (Å²) in [7, 11) is 3.56. The Kier molecular flexibility index (Phi) is 6.08. The highest BCUT2D eigenvalue weighted by molar-refractivity contribution is 5.86. The molecule has 1 saturated carbocycles. The highest BCUT2D eigenvalue weighted by Crippen LogP contribution is 2.41. The van der Waals surface area contributed by atoms with Gasteiger partial charge < -0.3 is 24.7 Å². The van der Waals surface area contributed by atoms with E-state index in [2.05, 4.69) is 0 Å². The topological polar surface area (TPSA) is 73.2 Å². The summed E-state index contributed by atoms with van der Waals surface area (Å²) in [4.78, 5) is 16.8. The van der Waals surface area contributed by atoms with Gasteiger partial charge in [0, 0.05) is 38.2 Å². The van der Waals surface area contributed by atoms with Crippen molar-refractivity contribution in [3.05, 3.63) is 29.8 Å². The van der Waals surface area contributed by atoms with Crippen LogP contribution in [0.15, 0.2) is 24.3 Å². The largest absolute Gasteiger partial charge is 0.497 e. The van der Waals surface area contributed by atoms with E-state index in [4.69, 9.17) is 4.74 Å². The maximum atomic E-state index is 13.0. The number of amides is 1. The summed E-state index contributed by atoms with van der Waals surface area (Å²) in [6.07, 6.45) is 4.44. The molecular weight excluding hydrogens is 344 g/mol. The van der Waals surface area contributed by atoms with E-state index >= 15 is 0 Å². The molecule has 2 N–H and O–H groups in total. The Morgan fingerprint density at radius 1 is 1.22 bits per heavy atom. The molecule has 0 bridgehead atoms. The number of benzene rings is 1. The van der Waals surface area contributed by atoms with E-state index in [1.54, 1.807) is 12.0 Å². The van der Waals surface area contributed by atoms with Crippen molar-refractivity contribution in [3.63, 3.8) is 0 Å². The van der Waals surface area contributed by atoms with Gasteiger partial charge in [-0.05, 0) is 50.4 Å². The normalized spacial score (nSPS) is 24.8. The fourth-order valence-electron chi connectivity index (χ4n) is 4.47. The molecule has 1 aromatic rings. The number of likely N-dealkylation sites (N-methyl/N-ethyl adjacent to an activating group) is 1.